The fourth-order valence-electron chi connectivity index (χ4n) is 1.86. The number of nitrogens with zero attached hydrogens (tertiary/aromatic N) is 3. The molecule has 21 heavy (non-hydrogen) atoms. The van der Waals surface area contributed by atoms with Crippen LogP contribution in [0.4, 0.5) is 0 Å². The minimum Gasteiger partial charge on any atom is -0.478 e. The van der Waals surface area contributed by atoms with E-state index in [0.29, 0.717) is 11.5 Å². The molecule has 0 spiro atoms. The maximum atomic E-state index is 10.8. The number of hydrogen-bond acceptors (Lipinski definition) is 4. The molecule has 2 aromatic heterocycles. The average molecular weight is 277 g/mol. The first-order valence-corrected chi connectivity index (χ1v) is 6.31. The maximum absolute atomic E-state index is 10.8. The summed E-state index contributed by atoms with van der Waals surface area (Å²) in [5.74, 6) is -0.377. The number of aromatic nitrogens is 3. The third-order valence-corrected chi connectivity index (χ3v) is 2.96. The average Bonchev–Trinajstić information content (AvgIpc) is 2.53. The molecule has 3 aromatic rings. The summed E-state index contributed by atoms with van der Waals surface area (Å²) in [4.78, 5) is 23.5. The fraction of sp³-hybridized carbons (Fsp3) is 0. The lowest BCUT2D eigenvalue weighted by atomic mass is 10.1. The Labute approximate surface area is 120 Å². The van der Waals surface area contributed by atoms with Gasteiger partial charge in [-0.1, -0.05) is 18.2 Å². The third kappa shape index (κ3) is 2.92. The Hall–Kier alpha value is -3.08. The zero-order chi connectivity index (χ0) is 14.7. The number of benzene rings is 1. The summed E-state index contributed by atoms with van der Waals surface area (Å²) in [7, 11) is 0. The molecular formula is C16H11N3O2. The Morgan fingerprint density at radius 2 is 1.86 bits per heavy atom. The highest BCUT2D eigenvalue weighted by Gasteiger charge is 2.00. The maximum Gasteiger partial charge on any atom is 0.335 e. The normalized spacial score (nSPS) is 11.0. The number of carbonyl (C=O) groups is 1. The molecule has 0 aliphatic heterocycles. The molecule has 0 aliphatic rings. The van der Waals surface area contributed by atoms with Gasteiger partial charge in [0.15, 0.2) is 11.5 Å². The van der Waals surface area contributed by atoms with E-state index in [-0.39, 0.29) is 5.56 Å². The van der Waals surface area contributed by atoms with Crippen molar-refractivity contribution in [3.63, 3.8) is 0 Å². The fourth-order valence-corrected chi connectivity index (χ4v) is 1.86. The number of hydrogen-bond donors (Lipinski definition) is 1. The minimum atomic E-state index is -0.936. The van der Waals surface area contributed by atoms with Crippen molar-refractivity contribution in [2.45, 2.75) is 0 Å². The van der Waals surface area contributed by atoms with E-state index in [1.165, 1.54) is 0 Å². The van der Waals surface area contributed by atoms with Gasteiger partial charge in [0.1, 0.15) is 0 Å². The van der Waals surface area contributed by atoms with Crippen molar-refractivity contribution < 1.29 is 9.90 Å². The zero-order valence-electron chi connectivity index (χ0n) is 11.0. The summed E-state index contributed by atoms with van der Waals surface area (Å²) < 4.78 is 0. The molecule has 0 saturated heterocycles. The first-order chi connectivity index (χ1) is 10.2. The number of carboxylic acid groups (broad SMARTS) is 1. The van der Waals surface area contributed by atoms with Gasteiger partial charge in [0.25, 0.3) is 0 Å². The molecule has 5 nitrogen and oxygen atoms in total. The van der Waals surface area contributed by atoms with Crippen LogP contribution in [0.1, 0.15) is 21.7 Å². The minimum absolute atomic E-state index is 0.262. The van der Waals surface area contributed by atoms with E-state index in [9.17, 15) is 4.79 Å². The first kappa shape index (κ1) is 12.9. The van der Waals surface area contributed by atoms with Crippen LogP contribution in [0.5, 0.6) is 0 Å². The smallest absolute Gasteiger partial charge is 0.335 e. The predicted octanol–water partition coefficient (Wildman–Crippen LogP) is 2.89. The number of carboxylic acids is 1. The summed E-state index contributed by atoms with van der Waals surface area (Å²) in [6.45, 7) is 0. The van der Waals surface area contributed by atoms with Crippen LogP contribution in [0.15, 0.2) is 48.8 Å². The molecule has 0 bridgehead atoms. The molecular weight excluding hydrogens is 266 g/mol. The van der Waals surface area contributed by atoms with Crippen LogP contribution >= 0.6 is 0 Å². The van der Waals surface area contributed by atoms with Gasteiger partial charge in [-0.3, -0.25) is 0 Å². The van der Waals surface area contributed by atoms with Gasteiger partial charge in [-0.2, -0.15) is 0 Å². The molecule has 0 aliphatic carbocycles. The van der Waals surface area contributed by atoms with Crippen LogP contribution in [0.3, 0.4) is 0 Å². The molecule has 1 aromatic carbocycles. The predicted molar refractivity (Wildman–Crippen MR) is 79.7 cm³/mol. The van der Waals surface area contributed by atoms with E-state index in [1.807, 2.05) is 18.2 Å². The SMILES string of the molecule is O=C(O)c1ccc(C=Cc2ncc3cccnc3n2)cc1. The molecule has 102 valence electrons. The summed E-state index contributed by atoms with van der Waals surface area (Å²) in [5.41, 5.74) is 1.79. The monoisotopic (exact) mass is 277 g/mol. The van der Waals surface area contributed by atoms with Crippen LogP contribution in [0.2, 0.25) is 0 Å². The van der Waals surface area contributed by atoms with E-state index in [4.69, 9.17) is 5.11 Å². The Balaban J connectivity index is 1.85. The topological polar surface area (TPSA) is 76.0 Å². The largest absolute Gasteiger partial charge is 0.478 e. The highest BCUT2D eigenvalue weighted by Crippen LogP contribution is 2.10. The van der Waals surface area contributed by atoms with Gasteiger partial charge in [0, 0.05) is 17.8 Å². The lowest BCUT2D eigenvalue weighted by molar-refractivity contribution is 0.0697. The summed E-state index contributed by atoms with van der Waals surface area (Å²) >= 11 is 0. The van der Waals surface area contributed by atoms with Crippen LogP contribution < -0.4 is 0 Å². The molecule has 0 unspecified atom stereocenters. The van der Waals surface area contributed by atoms with Crippen molar-refractivity contribution in [1.29, 1.82) is 0 Å². The Morgan fingerprint density at radius 3 is 2.62 bits per heavy atom. The van der Waals surface area contributed by atoms with Gasteiger partial charge in [0.05, 0.1) is 5.56 Å². The molecule has 0 atom stereocenters. The van der Waals surface area contributed by atoms with Crippen LogP contribution in [0, 0.1) is 0 Å². The van der Waals surface area contributed by atoms with Crippen molar-refractivity contribution in [3.8, 4) is 0 Å². The number of aromatic carboxylic acids is 1. The molecule has 2 heterocycles. The summed E-state index contributed by atoms with van der Waals surface area (Å²) in [6, 6.07) is 10.3. The summed E-state index contributed by atoms with van der Waals surface area (Å²) in [6.07, 6.45) is 7.01. The van der Waals surface area contributed by atoms with Gasteiger partial charge in [-0.15, -0.1) is 0 Å². The van der Waals surface area contributed by atoms with Crippen molar-refractivity contribution in [2.24, 2.45) is 0 Å². The second kappa shape index (κ2) is 5.50. The zero-order valence-corrected chi connectivity index (χ0v) is 11.0. The van der Waals surface area contributed by atoms with Crippen LogP contribution in [0.25, 0.3) is 23.2 Å². The molecule has 1 N–H and O–H groups in total. The lowest BCUT2D eigenvalue weighted by Gasteiger charge is -1.98. The van der Waals surface area contributed by atoms with E-state index in [2.05, 4.69) is 15.0 Å². The van der Waals surface area contributed by atoms with Gasteiger partial charge in [-0.05, 0) is 35.9 Å². The van der Waals surface area contributed by atoms with Crippen molar-refractivity contribution >= 4 is 29.2 Å². The molecule has 0 amide bonds. The van der Waals surface area contributed by atoms with Crippen molar-refractivity contribution in [3.05, 3.63) is 65.7 Å². The van der Waals surface area contributed by atoms with E-state index >= 15 is 0 Å². The van der Waals surface area contributed by atoms with Gasteiger partial charge in [-0.25, -0.2) is 19.7 Å². The molecule has 0 radical (unpaired) electrons. The van der Waals surface area contributed by atoms with Crippen LogP contribution in [-0.4, -0.2) is 26.0 Å². The number of rotatable bonds is 3. The van der Waals surface area contributed by atoms with Crippen molar-refractivity contribution in [2.75, 3.05) is 0 Å². The summed E-state index contributed by atoms with van der Waals surface area (Å²) in [5, 5.41) is 9.73. The number of fused-ring (bicyclic) bond motifs is 1. The Bertz CT molecular complexity index is 826. The second-order valence-corrected chi connectivity index (χ2v) is 4.40. The molecule has 5 heteroatoms. The quantitative estimate of drug-likeness (QED) is 0.796. The third-order valence-electron chi connectivity index (χ3n) is 2.96. The number of pyridine rings is 1. The van der Waals surface area contributed by atoms with Crippen LogP contribution in [-0.2, 0) is 0 Å². The standard InChI is InChI=1S/C16H11N3O2/c20-16(21)12-6-3-11(4-7-12)5-8-14-18-10-13-2-1-9-17-15(13)19-14/h1-10H,(H,20,21). The Morgan fingerprint density at radius 1 is 1.05 bits per heavy atom. The van der Waals surface area contributed by atoms with Gasteiger partial charge < -0.3 is 5.11 Å². The highest BCUT2D eigenvalue weighted by atomic mass is 16.4. The Kier molecular flexibility index (Phi) is 3.39. The van der Waals surface area contributed by atoms with E-state index in [1.54, 1.807) is 42.7 Å². The first-order valence-electron chi connectivity index (χ1n) is 6.31. The van der Waals surface area contributed by atoms with E-state index in [0.717, 1.165) is 10.9 Å². The molecule has 0 fully saturated rings. The van der Waals surface area contributed by atoms with Gasteiger partial charge >= 0.3 is 5.97 Å². The highest BCUT2D eigenvalue weighted by molar-refractivity contribution is 5.88. The van der Waals surface area contributed by atoms with E-state index < -0.39 is 5.97 Å². The van der Waals surface area contributed by atoms with Crippen molar-refractivity contribution in [1.82, 2.24) is 15.0 Å². The molecule has 3 rings (SSSR count). The van der Waals surface area contributed by atoms with Gasteiger partial charge in [0.2, 0.25) is 0 Å². The lowest BCUT2D eigenvalue weighted by Crippen LogP contribution is -1.94. The second-order valence-electron chi connectivity index (χ2n) is 4.40. The molecule has 0 saturated carbocycles.